The Morgan fingerprint density at radius 1 is 1.83 bits per heavy atom. The SMILES string of the molecule is CCOC[CH]O. The molecule has 0 unspecified atom stereocenters. The fraction of sp³-hybridized carbons (Fsp3) is 0.750. The van der Waals surface area contributed by atoms with Gasteiger partial charge in [-0.15, -0.1) is 0 Å². The number of ether oxygens (including phenoxy) is 1. The van der Waals surface area contributed by atoms with Crippen molar-refractivity contribution in [3.63, 3.8) is 0 Å². The van der Waals surface area contributed by atoms with Crippen molar-refractivity contribution in [3.05, 3.63) is 6.61 Å². The molecule has 0 bridgehead atoms. The van der Waals surface area contributed by atoms with E-state index in [9.17, 15) is 0 Å². The lowest BCUT2D eigenvalue weighted by atomic mass is 10.8. The Morgan fingerprint density at radius 2 is 2.50 bits per heavy atom. The van der Waals surface area contributed by atoms with Gasteiger partial charge in [-0.25, -0.2) is 0 Å². The first kappa shape index (κ1) is 5.92. The van der Waals surface area contributed by atoms with Crippen LogP contribution in [0.5, 0.6) is 0 Å². The molecule has 1 N–H and O–H groups in total. The standard InChI is InChI=1S/C4H9O2/c1-2-6-4-3-5/h3,5H,2,4H2,1H3. The van der Waals surface area contributed by atoms with Crippen LogP contribution in [0.4, 0.5) is 0 Å². The zero-order valence-electron chi connectivity index (χ0n) is 3.85. The second kappa shape index (κ2) is 4.92. The van der Waals surface area contributed by atoms with Crippen LogP contribution in [-0.2, 0) is 4.74 Å². The third-order valence-electron chi connectivity index (χ3n) is 0.397. The largest absolute Gasteiger partial charge is 0.388 e. The first-order chi connectivity index (χ1) is 2.91. The second-order valence-electron chi connectivity index (χ2n) is 0.842. The predicted molar refractivity (Wildman–Crippen MR) is 22.7 cm³/mol. The molecular formula is C4H9O2. The smallest absolute Gasteiger partial charge is 0.105 e. The third-order valence-corrected chi connectivity index (χ3v) is 0.397. The van der Waals surface area contributed by atoms with E-state index in [1.807, 2.05) is 6.92 Å². The van der Waals surface area contributed by atoms with Crippen LogP contribution in [0.2, 0.25) is 0 Å². The molecule has 0 aliphatic carbocycles. The molecule has 0 aromatic carbocycles. The highest BCUT2D eigenvalue weighted by Crippen LogP contribution is 1.71. The first-order valence-corrected chi connectivity index (χ1v) is 1.95. The molecule has 0 saturated carbocycles. The van der Waals surface area contributed by atoms with Gasteiger partial charge < -0.3 is 9.84 Å². The van der Waals surface area contributed by atoms with Gasteiger partial charge in [-0.05, 0) is 6.92 Å². The number of aliphatic hydroxyl groups is 1. The molecule has 0 amide bonds. The molecule has 6 heavy (non-hydrogen) atoms. The first-order valence-electron chi connectivity index (χ1n) is 1.95. The Hall–Kier alpha value is -0.0800. The molecule has 2 heteroatoms. The molecular weight excluding hydrogens is 80.0 g/mol. The summed E-state index contributed by atoms with van der Waals surface area (Å²) in [5.74, 6) is 0. The van der Waals surface area contributed by atoms with E-state index < -0.39 is 0 Å². The second-order valence-corrected chi connectivity index (χ2v) is 0.842. The van der Waals surface area contributed by atoms with Crippen molar-refractivity contribution >= 4 is 0 Å². The van der Waals surface area contributed by atoms with E-state index in [0.29, 0.717) is 13.2 Å². The van der Waals surface area contributed by atoms with E-state index in [-0.39, 0.29) is 0 Å². The lowest BCUT2D eigenvalue weighted by molar-refractivity contribution is 0.134. The van der Waals surface area contributed by atoms with Crippen LogP contribution < -0.4 is 0 Å². The van der Waals surface area contributed by atoms with Crippen molar-refractivity contribution in [3.8, 4) is 0 Å². The Labute approximate surface area is 37.7 Å². The van der Waals surface area contributed by atoms with Gasteiger partial charge in [0.25, 0.3) is 0 Å². The van der Waals surface area contributed by atoms with Gasteiger partial charge in [-0.2, -0.15) is 0 Å². The number of hydrogen-bond donors (Lipinski definition) is 1. The summed E-state index contributed by atoms with van der Waals surface area (Å²) in [6.07, 6.45) is 0. The maximum Gasteiger partial charge on any atom is 0.105 e. The summed E-state index contributed by atoms with van der Waals surface area (Å²) in [5.41, 5.74) is 0. The summed E-state index contributed by atoms with van der Waals surface area (Å²) >= 11 is 0. The zero-order chi connectivity index (χ0) is 4.83. The Morgan fingerprint density at radius 3 is 2.67 bits per heavy atom. The van der Waals surface area contributed by atoms with E-state index in [0.717, 1.165) is 6.61 Å². The summed E-state index contributed by atoms with van der Waals surface area (Å²) < 4.78 is 4.68. The van der Waals surface area contributed by atoms with E-state index in [2.05, 4.69) is 4.74 Å². The van der Waals surface area contributed by atoms with Crippen molar-refractivity contribution in [2.24, 2.45) is 0 Å². The summed E-state index contributed by atoms with van der Waals surface area (Å²) in [6, 6.07) is 0. The Kier molecular flexibility index (Phi) is 4.85. The van der Waals surface area contributed by atoms with Crippen LogP contribution in [0.25, 0.3) is 0 Å². The quantitative estimate of drug-likeness (QED) is 0.512. The molecule has 0 atom stereocenters. The molecule has 1 radical (unpaired) electrons. The topological polar surface area (TPSA) is 29.5 Å². The molecule has 0 rings (SSSR count). The number of rotatable bonds is 3. The lowest BCUT2D eigenvalue weighted by Crippen LogP contribution is -1.91. The van der Waals surface area contributed by atoms with Crippen molar-refractivity contribution in [1.82, 2.24) is 0 Å². The average Bonchev–Trinajstić information content (AvgIpc) is 1.61. The fourth-order valence-corrected chi connectivity index (χ4v) is 0.171. The molecule has 0 aliphatic rings. The highest BCUT2D eigenvalue weighted by Gasteiger charge is 1.74. The lowest BCUT2D eigenvalue weighted by Gasteiger charge is -1.90. The van der Waals surface area contributed by atoms with Crippen LogP contribution in [0, 0.1) is 6.61 Å². The monoisotopic (exact) mass is 89.1 g/mol. The van der Waals surface area contributed by atoms with E-state index in [1.165, 1.54) is 0 Å². The Balaban J connectivity index is 2.34. The van der Waals surface area contributed by atoms with E-state index in [1.54, 1.807) is 0 Å². The highest BCUT2D eigenvalue weighted by atomic mass is 16.5. The van der Waals surface area contributed by atoms with Gasteiger partial charge in [0.05, 0.1) is 6.61 Å². The minimum atomic E-state index is 0.344. The van der Waals surface area contributed by atoms with Crippen molar-refractivity contribution in [2.75, 3.05) is 13.2 Å². The van der Waals surface area contributed by atoms with Gasteiger partial charge in [0.15, 0.2) is 0 Å². The summed E-state index contributed by atoms with van der Waals surface area (Å²) in [4.78, 5) is 0. The van der Waals surface area contributed by atoms with E-state index in [4.69, 9.17) is 5.11 Å². The highest BCUT2D eigenvalue weighted by molar-refractivity contribution is 4.37. The van der Waals surface area contributed by atoms with Gasteiger partial charge in [0.2, 0.25) is 0 Å². The molecule has 0 heterocycles. The van der Waals surface area contributed by atoms with Crippen LogP contribution in [0.3, 0.4) is 0 Å². The summed E-state index contributed by atoms with van der Waals surface area (Å²) in [5, 5.41) is 7.95. The van der Waals surface area contributed by atoms with E-state index >= 15 is 0 Å². The zero-order valence-corrected chi connectivity index (χ0v) is 3.85. The molecule has 0 aromatic heterocycles. The van der Waals surface area contributed by atoms with Crippen molar-refractivity contribution < 1.29 is 9.84 Å². The molecule has 0 aromatic rings. The van der Waals surface area contributed by atoms with Crippen LogP contribution in [0.1, 0.15) is 6.92 Å². The Bertz CT molecular complexity index is 17.5. The normalized spacial score (nSPS) is 9.00. The average molecular weight is 89.1 g/mol. The number of aliphatic hydroxyl groups excluding tert-OH is 1. The summed E-state index contributed by atoms with van der Waals surface area (Å²) in [6.45, 7) is 3.88. The van der Waals surface area contributed by atoms with Crippen LogP contribution >= 0.6 is 0 Å². The van der Waals surface area contributed by atoms with Crippen molar-refractivity contribution in [1.29, 1.82) is 0 Å². The van der Waals surface area contributed by atoms with Gasteiger partial charge in [-0.3, -0.25) is 0 Å². The summed E-state index contributed by atoms with van der Waals surface area (Å²) in [7, 11) is 0. The van der Waals surface area contributed by atoms with Gasteiger partial charge in [0, 0.05) is 6.61 Å². The maximum atomic E-state index is 7.95. The molecule has 0 saturated heterocycles. The van der Waals surface area contributed by atoms with Crippen LogP contribution in [-0.4, -0.2) is 18.3 Å². The van der Waals surface area contributed by atoms with Gasteiger partial charge >= 0.3 is 0 Å². The molecule has 37 valence electrons. The van der Waals surface area contributed by atoms with Crippen molar-refractivity contribution in [2.45, 2.75) is 6.92 Å². The van der Waals surface area contributed by atoms with Gasteiger partial charge in [-0.1, -0.05) is 0 Å². The number of hydrogen-bond acceptors (Lipinski definition) is 2. The third kappa shape index (κ3) is 3.92. The minimum absolute atomic E-state index is 0.344. The molecule has 0 fully saturated rings. The van der Waals surface area contributed by atoms with Gasteiger partial charge in [0.1, 0.15) is 6.61 Å². The molecule has 0 aliphatic heterocycles. The molecule has 2 nitrogen and oxygen atoms in total. The predicted octanol–water partition coefficient (Wildman–Crippen LogP) is 0.557. The maximum absolute atomic E-state index is 7.95. The molecule has 0 spiro atoms. The van der Waals surface area contributed by atoms with Crippen LogP contribution in [0.15, 0.2) is 0 Å². The minimum Gasteiger partial charge on any atom is -0.388 e. The fourth-order valence-electron chi connectivity index (χ4n) is 0.171.